The largest absolute Gasteiger partial charge is 0.469 e. The number of hydrogen-bond acceptors (Lipinski definition) is 6. The number of carbonyl (C=O) groups excluding carboxylic acids is 3. The van der Waals surface area contributed by atoms with Crippen LogP contribution in [0.3, 0.4) is 0 Å². The normalized spacial score (nSPS) is 11.4. The molecule has 0 saturated heterocycles. The molecule has 0 bridgehead atoms. The fraction of sp³-hybridized carbons (Fsp3) is 0.700. The molecule has 6 heteroatoms. The van der Waals surface area contributed by atoms with Crippen molar-refractivity contribution in [2.75, 3.05) is 20.8 Å². The summed E-state index contributed by atoms with van der Waals surface area (Å²) in [5, 5.41) is 0. The minimum Gasteiger partial charge on any atom is -0.469 e. The van der Waals surface area contributed by atoms with E-state index in [0.29, 0.717) is 0 Å². The van der Waals surface area contributed by atoms with Crippen molar-refractivity contribution in [3.63, 3.8) is 0 Å². The van der Waals surface area contributed by atoms with Crippen LogP contribution in [0.2, 0.25) is 0 Å². The van der Waals surface area contributed by atoms with Gasteiger partial charge in [0.2, 0.25) is 0 Å². The van der Waals surface area contributed by atoms with E-state index in [-0.39, 0.29) is 19.4 Å². The first-order valence-corrected chi connectivity index (χ1v) is 4.88. The summed E-state index contributed by atoms with van der Waals surface area (Å²) in [5.41, 5.74) is 0. The fourth-order valence-corrected chi connectivity index (χ4v) is 1.08. The third kappa shape index (κ3) is 4.77. The summed E-state index contributed by atoms with van der Waals surface area (Å²) < 4.78 is 13.6. The van der Waals surface area contributed by atoms with Crippen LogP contribution in [0.4, 0.5) is 0 Å². The smallest absolute Gasteiger partial charge is 0.320 e. The highest BCUT2D eigenvalue weighted by atomic mass is 16.5. The standard InChI is InChI=1S/C10H16O6/c1-4-16-10(13)7(9(12)15-3)5-6-8(11)14-2/h7H,4-6H2,1-3H3. The lowest BCUT2D eigenvalue weighted by atomic mass is 10.0. The van der Waals surface area contributed by atoms with Crippen molar-refractivity contribution in [2.24, 2.45) is 5.92 Å². The molecule has 0 aromatic heterocycles. The molecule has 0 saturated carbocycles. The molecule has 0 fully saturated rings. The quantitative estimate of drug-likeness (QED) is 0.372. The van der Waals surface area contributed by atoms with Crippen LogP contribution < -0.4 is 0 Å². The Balaban J connectivity index is 4.37. The molecule has 0 spiro atoms. The molecule has 6 nitrogen and oxygen atoms in total. The van der Waals surface area contributed by atoms with Gasteiger partial charge in [-0.05, 0) is 13.3 Å². The van der Waals surface area contributed by atoms with Crippen LogP contribution in [0.5, 0.6) is 0 Å². The average molecular weight is 232 g/mol. The molecule has 0 N–H and O–H groups in total. The topological polar surface area (TPSA) is 78.9 Å². The van der Waals surface area contributed by atoms with Gasteiger partial charge in [0.05, 0.1) is 20.8 Å². The highest BCUT2D eigenvalue weighted by Gasteiger charge is 2.29. The SMILES string of the molecule is CCOC(=O)C(CCC(=O)OC)C(=O)OC. The summed E-state index contributed by atoms with van der Waals surface area (Å²) in [6.45, 7) is 1.80. The molecule has 0 aromatic carbocycles. The molecular weight excluding hydrogens is 216 g/mol. The van der Waals surface area contributed by atoms with E-state index in [1.807, 2.05) is 0 Å². The summed E-state index contributed by atoms with van der Waals surface area (Å²) in [6, 6.07) is 0. The Morgan fingerprint density at radius 2 is 1.69 bits per heavy atom. The van der Waals surface area contributed by atoms with Crippen molar-refractivity contribution in [1.29, 1.82) is 0 Å². The van der Waals surface area contributed by atoms with E-state index in [1.54, 1.807) is 6.92 Å². The van der Waals surface area contributed by atoms with E-state index in [4.69, 9.17) is 4.74 Å². The van der Waals surface area contributed by atoms with Crippen LogP contribution in [0, 0.1) is 5.92 Å². The zero-order valence-corrected chi connectivity index (χ0v) is 9.65. The molecule has 0 aliphatic rings. The Hall–Kier alpha value is -1.59. The van der Waals surface area contributed by atoms with Crippen molar-refractivity contribution in [3.05, 3.63) is 0 Å². The van der Waals surface area contributed by atoms with Crippen LogP contribution >= 0.6 is 0 Å². The van der Waals surface area contributed by atoms with Crippen LogP contribution in [0.25, 0.3) is 0 Å². The second-order valence-electron chi connectivity index (χ2n) is 2.94. The zero-order chi connectivity index (χ0) is 12.6. The minimum absolute atomic E-state index is 0.0260. The molecule has 0 rings (SSSR count). The maximum Gasteiger partial charge on any atom is 0.320 e. The Kier molecular flexibility index (Phi) is 6.91. The lowest BCUT2D eigenvalue weighted by Crippen LogP contribution is -2.28. The number of esters is 3. The number of methoxy groups -OCH3 is 2. The molecule has 0 amide bonds. The molecule has 0 aromatic rings. The van der Waals surface area contributed by atoms with E-state index in [1.165, 1.54) is 14.2 Å². The molecule has 0 heterocycles. The third-order valence-electron chi connectivity index (χ3n) is 1.92. The summed E-state index contributed by atoms with van der Waals surface area (Å²) in [6.07, 6.45) is -0.00669. The van der Waals surface area contributed by atoms with E-state index in [2.05, 4.69) is 9.47 Å². The Morgan fingerprint density at radius 1 is 1.06 bits per heavy atom. The van der Waals surface area contributed by atoms with Gasteiger partial charge in [-0.1, -0.05) is 0 Å². The van der Waals surface area contributed by atoms with Crippen molar-refractivity contribution in [3.8, 4) is 0 Å². The van der Waals surface area contributed by atoms with Gasteiger partial charge in [0, 0.05) is 6.42 Å². The fourth-order valence-electron chi connectivity index (χ4n) is 1.08. The van der Waals surface area contributed by atoms with Gasteiger partial charge >= 0.3 is 17.9 Å². The van der Waals surface area contributed by atoms with Gasteiger partial charge in [-0.2, -0.15) is 0 Å². The van der Waals surface area contributed by atoms with Crippen LogP contribution in [0.15, 0.2) is 0 Å². The number of rotatable bonds is 6. The van der Waals surface area contributed by atoms with Gasteiger partial charge in [-0.25, -0.2) is 0 Å². The molecule has 16 heavy (non-hydrogen) atoms. The summed E-state index contributed by atoms with van der Waals surface area (Å²) >= 11 is 0. The molecule has 92 valence electrons. The molecule has 1 atom stereocenters. The first-order chi connectivity index (χ1) is 7.56. The van der Waals surface area contributed by atoms with Crippen molar-refractivity contribution in [2.45, 2.75) is 19.8 Å². The van der Waals surface area contributed by atoms with Crippen molar-refractivity contribution >= 4 is 17.9 Å². The van der Waals surface area contributed by atoms with Crippen LogP contribution in [0.1, 0.15) is 19.8 Å². The lowest BCUT2D eigenvalue weighted by Gasteiger charge is -2.12. The average Bonchev–Trinajstić information content (AvgIpc) is 2.28. The molecule has 0 aliphatic carbocycles. The van der Waals surface area contributed by atoms with Crippen molar-refractivity contribution < 1.29 is 28.6 Å². The van der Waals surface area contributed by atoms with E-state index >= 15 is 0 Å². The second kappa shape index (κ2) is 7.67. The summed E-state index contributed by atoms with van der Waals surface area (Å²) in [4.78, 5) is 33.5. The molecule has 0 aliphatic heterocycles. The predicted molar refractivity (Wildman–Crippen MR) is 53.4 cm³/mol. The van der Waals surface area contributed by atoms with E-state index in [0.717, 1.165) is 0 Å². The van der Waals surface area contributed by atoms with Gasteiger partial charge in [-0.3, -0.25) is 14.4 Å². The van der Waals surface area contributed by atoms with Gasteiger partial charge in [0.15, 0.2) is 5.92 Å². The number of ether oxygens (including phenoxy) is 3. The van der Waals surface area contributed by atoms with E-state index < -0.39 is 23.8 Å². The van der Waals surface area contributed by atoms with Crippen LogP contribution in [-0.4, -0.2) is 38.7 Å². The molecular formula is C10H16O6. The highest BCUT2D eigenvalue weighted by Crippen LogP contribution is 2.11. The first-order valence-electron chi connectivity index (χ1n) is 4.88. The van der Waals surface area contributed by atoms with Crippen LogP contribution in [-0.2, 0) is 28.6 Å². The van der Waals surface area contributed by atoms with Gasteiger partial charge in [0.1, 0.15) is 0 Å². The van der Waals surface area contributed by atoms with Gasteiger partial charge in [-0.15, -0.1) is 0 Å². The lowest BCUT2D eigenvalue weighted by molar-refractivity contribution is -0.160. The minimum atomic E-state index is -1.07. The maximum atomic E-state index is 11.4. The third-order valence-corrected chi connectivity index (χ3v) is 1.92. The van der Waals surface area contributed by atoms with Crippen molar-refractivity contribution in [1.82, 2.24) is 0 Å². The maximum absolute atomic E-state index is 11.4. The van der Waals surface area contributed by atoms with Gasteiger partial charge in [0.25, 0.3) is 0 Å². The van der Waals surface area contributed by atoms with E-state index in [9.17, 15) is 14.4 Å². The highest BCUT2D eigenvalue weighted by molar-refractivity contribution is 5.95. The first kappa shape index (κ1) is 14.4. The Bertz CT molecular complexity index is 260. The molecule has 0 radical (unpaired) electrons. The van der Waals surface area contributed by atoms with Gasteiger partial charge < -0.3 is 14.2 Å². The molecule has 1 unspecified atom stereocenters. The summed E-state index contributed by atoms with van der Waals surface area (Å²) in [5.74, 6) is -2.94. The summed E-state index contributed by atoms with van der Waals surface area (Å²) in [7, 11) is 2.41. The number of carbonyl (C=O) groups is 3. The zero-order valence-electron chi connectivity index (χ0n) is 9.65. The Labute approximate surface area is 93.8 Å². The monoisotopic (exact) mass is 232 g/mol. The predicted octanol–water partition coefficient (Wildman–Crippen LogP) is 0.292. The second-order valence-corrected chi connectivity index (χ2v) is 2.94. The number of hydrogen-bond donors (Lipinski definition) is 0. The Morgan fingerprint density at radius 3 is 2.12 bits per heavy atom.